The number of fused-ring (bicyclic) bond motifs is 2. The molecule has 0 unspecified atom stereocenters. The third-order valence-corrected chi connectivity index (χ3v) is 7.19. The SMILES string of the molecule is CC(C)NC(=O)Cn1ncc(N[C@@H]2C[C@@H]3C[C@H]([C@H]2C)C3(C)C)c(Br)c1=O. The third kappa shape index (κ3) is 3.42. The van der Waals surface area contributed by atoms with Crippen LogP contribution >= 0.6 is 15.9 Å². The van der Waals surface area contributed by atoms with Crippen LogP contribution in [0.4, 0.5) is 5.69 Å². The lowest BCUT2D eigenvalue weighted by Gasteiger charge is -2.62. The van der Waals surface area contributed by atoms with Crippen molar-refractivity contribution < 1.29 is 4.79 Å². The minimum Gasteiger partial charge on any atom is -0.380 e. The number of amides is 1. The first-order valence-electron chi connectivity index (χ1n) is 9.42. The summed E-state index contributed by atoms with van der Waals surface area (Å²) in [6.07, 6.45) is 4.08. The van der Waals surface area contributed by atoms with Crippen LogP contribution in [0, 0.1) is 23.2 Å². The average Bonchev–Trinajstić information content (AvgIpc) is 2.54. The first kappa shape index (κ1) is 19.4. The molecule has 6 nitrogen and oxygen atoms in total. The van der Waals surface area contributed by atoms with E-state index in [4.69, 9.17) is 0 Å². The number of carbonyl (C=O) groups is 1. The van der Waals surface area contributed by atoms with Gasteiger partial charge in [-0.1, -0.05) is 20.8 Å². The van der Waals surface area contributed by atoms with E-state index in [2.05, 4.69) is 52.4 Å². The van der Waals surface area contributed by atoms with Crippen molar-refractivity contribution in [2.24, 2.45) is 23.2 Å². The molecule has 3 aliphatic rings. The molecule has 4 rings (SSSR count). The molecule has 0 aliphatic heterocycles. The van der Waals surface area contributed by atoms with Crippen molar-refractivity contribution in [2.75, 3.05) is 5.32 Å². The molecule has 2 N–H and O–H groups in total. The smallest absolute Gasteiger partial charge is 0.283 e. The van der Waals surface area contributed by atoms with Gasteiger partial charge in [-0.25, -0.2) is 4.68 Å². The van der Waals surface area contributed by atoms with Crippen LogP contribution in [0.3, 0.4) is 0 Å². The molecular formula is C19H29BrN4O2. The number of anilines is 1. The maximum absolute atomic E-state index is 12.5. The minimum atomic E-state index is -0.289. The van der Waals surface area contributed by atoms with E-state index in [-0.39, 0.29) is 24.1 Å². The maximum Gasteiger partial charge on any atom is 0.283 e. The molecule has 144 valence electrons. The van der Waals surface area contributed by atoms with E-state index in [1.165, 1.54) is 11.1 Å². The highest BCUT2D eigenvalue weighted by atomic mass is 79.9. The Morgan fingerprint density at radius 3 is 2.69 bits per heavy atom. The van der Waals surface area contributed by atoms with Crippen molar-refractivity contribution in [3.8, 4) is 0 Å². The molecule has 1 amide bonds. The predicted molar refractivity (Wildman–Crippen MR) is 106 cm³/mol. The quantitative estimate of drug-likeness (QED) is 0.761. The first-order chi connectivity index (χ1) is 12.1. The van der Waals surface area contributed by atoms with E-state index in [0.29, 0.717) is 27.5 Å². The fourth-order valence-corrected chi connectivity index (χ4v) is 5.14. The van der Waals surface area contributed by atoms with Gasteiger partial charge in [0, 0.05) is 12.1 Å². The van der Waals surface area contributed by atoms with Gasteiger partial charge in [0.15, 0.2) is 0 Å². The fraction of sp³-hybridized carbons (Fsp3) is 0.737. The molecule has 3 fully saturated rings. The van der Waals surface area contributed by atoms with E-state index in [1.807, 2.05) is 13.8 Å². The third-order valence-electron chi connectivity index (χ3n) is 6.42. The van der Waals surface area contributed by atoms with Gasteiger partial charge < -0.3 is 10.6 Å². The van der Waals surface area contributed by atoms with Gasteiger partial charge >= 0.3 is 0 Å². The molecule has 1 aromatic rings. The number of halogens is 1. The summed E-state index contributed by atoms with van der Waals surface area (Å²) in [5.41, 5.74) is 0.856. The Morgan fingerprint density at radius 2 is 2.12 bits per heavy atom. The van der Waals surface area contributed by atoms with E-state index in [9.17, 15) is 9.59 Å². The van der Waals surface area contributed by atoms with Crippen LogP contribution in [0.25, 0.3) is 0 Å². The molecule has 3 saturated carbocycles. The summed E-state index contributed by atoms with van der Waals surface area (Å²) in [6.45, 7) is 10.7. The highest BCUT2D eigenvalue weighted by molar-refractivity contribution is 9.10. The average molecular weight is 425 g/mol. The number of hydrogen-bond donors (Lipinski definition) is 2. The van der Waals surface area contributed by atoms with Crippen LogP contribution in [-0.4, -0.2) is 27.8 Å². The summed E-state index contributed by atoms with van der Waals surface area (Å²) >= 11 is 3.40. The second kappa shape index (κ2) is 6.98. The summed E-state index contributed by atoms with van der Waals surface area (Å²) in [5.74, 6) is 1.81. The summed E-state index contributed by atoms with van der Waals surface area (Å²) in [7, 11) is 0. The van der Waals surface area contributed by atoms with Crippen molar-refractivity contribution in [3.63, 3.8) is 0 Å². The van der Waals surface area contributed by atoms with Crippen molar-refractivity contribution in [3.05, 3.63) is 21.0 Å². The lowest BCUT2D eigenvalue weighted by Crippen LogP contribution is -2.58. The molecule has 0 aromatic carbocycles. The number of nitrogens with one attached hydrogen (secondary N) is 2. The number of hydrogen-bond acceptors (Lipinski definition) is 4. The van der Waals surface area contributed by atoms with Crippen LogP contribution < -0.4 is 16.2 Å². The highest BCUT2D eigenvalue weighted by Gasteiger charge is 2.56. The topological polar surface area (TPSA) is 76.0 Å². The standard InChI is InChI=1S/C19H29BrN4O2/c1-10(2)22-16(25)9-24-18(26)17(20)15(8-21-24)23-14-7-12-6-13(11(14)3)19(12,4)5/h8,10-14,23H,6-7,9H2,1-5H3,(H,22,25)/t11-,12+,13-,14-/m1/s1. The Kier molecular flexibility index (Phi) is 5.21. The number of rotatable bonds is 5. The fourth-order valence-electron chi connectivity index (χ4n) is 4.72. The van der Waals surface area contributed by atoms with Crippen LogP contribution in [0.5, 0.6) is 0 Å². The molecule has 1 heterocycles. The second-order valence-electron chi connectivity index (χ2n) is 8.76. The molecular weight excluding hydrogens is 396 g/mol. The Bertz CT molecular complexity index is 758. The van der Waals surface area contributed by atoms with Gasteiger partial charge in [-0.2, -0.15) is 5.10 Å². The molecule has 0 radical (unpaired) electrons. The van der Waals surface area contributed by atoms with Gasteiger partial charge in [-0.05, 0) is 65.8 Å². The van der Waals surface area contributed by atoms with Crippen molar-refractivity contribution in [1.82, 2.24) is 15.1 Å². The van der Waals surface area contributed by atoms with Gasteiger partial charge in [0.1, 0.15) is 11.0 Å². The maximum atomic E-state index is 12.5. The molecule has 0 spiro atoms. The molecule has 26 heavy (non-hydrogen) atoms. The molecule has 7 heteroatoms. The van der Waals surface area contributed by atoms with Gasteiger partial charge in [-0.15, -0.1) is 0 Å². The summed E-state index contributed by atoms with van der Waals surface area (Å²) in [6, 6.07) is 0.385. The summed E-state index contributed by atoms with van der Waals surface area (Å²) in [5, 5.41) is 10.5. The lowest BCUT2D eigenvalue weighted by atomic mass is 9.45. The lowest BCUT2D eigenvalue weighted by molar-refractivity contribution is -0.122. The number of nitrogens with zero attached hydrogens (tertiary/aromatic N) is 2. The Labute approximate surface area is 163 Å². The van der Waals surface area contributed by atoms with E-state index >= 15 is 0 Å². The molecule has 2 bridgehead atoms. The molecule has 1 aromatic heterocycles. The van der Waals surface area contributed by atoms with E-state index in [1.54, 1.807) is 6.20 Å². The Morgan fingerprint density at radius 1 is 1.42 bits per heavy atom. The monoisotopic (exact) mass is 424 g/mol. The van der Waals surface area contributed by atoms with Crippen molar-refractivity contribution >= 4 is 27.5 Å². The predicted octanol–water partition coefficient (Wildman–Crippen LogP) is 3.01. The highest BCUT2D eigenvalue weighted by Crippen LogP contribution is 2.61. The Hall–Kier alpha value is -1.37. The van der Waals surface area contributed by atoms with E-state index < -0.39 is 0 Å². The number of aromatic nitrogens is 2. The second-order valence-corrected chi connectivity index (χ2v) is 9.56. The van der Waals surface area contributed by atoms with Crippen LogP contribution in [0.1, 0.15) is 47.5 Å². The number of carbonyl (C=O) groups excluding carboxylic acids is 1. The van der Waals surface area contributed by atoms with Gasteiger partial charge in [0.2, 0.25) is 5.91 Å². The van der Waals surface area contributed by atoms with Crippen LogP contribution in [0.15, 0.2) is 15.5 Å². The zero-order valence-corrected chi connectivity index (χ0v) is 17.8. The normalized spacial score (nSPS) is 29.2. The van der Waals surface area contributed by atoms with Crippen molar-refractivity contribution in [1.29, 1.82) is 0 Å². The van der Waals surface area contributed by atoms with Gasteiger partial charge in [-0.3, -0.25) is 9.59 Å². The molecule has 4 atom stereocenters. The minimum absolute atomic E-state index is 0.0334. The zero-order valence-electron chi connectivity index (χ0n) is 16.2. The Balaban J connectivity index is 1.71. The van der Waals surface area contributed by atoms with Crippen LogP contribution in [0.2, 0.25) is 0 Å². The summed E-state index contributed by atoms with van der Waals surface area (Å²) in [4.78, 5) is 24.4. The zero-order chi connectivity index (χ0) is 19.2. The summed E-state index contributed by atoms with van der Waals surface area (Å²) < 4.78 is 1.63. The van der Waals surface area contributed by atoms with Crippen molar-refractivity contribution in [2.45, 2.75) is 66.1 Å². The van der Waals surface area contributed by atoms with Gasteiger partial charge in [0.25, 0.3) is 5.56 Å². The molecule has 3 aliphatic carbocycles. The van der Waals surface area contributed by atoms with E-state index in [0.717, 1.165) is 18.3 Å². The van der Waals surface area contributed by atoms with Crippen LogP contribution in [-0.2, 0) is 11.3 Å². The van der Waals surface area contributed by atoms with Gasteiger partial charge in [0.05, 0.1) is 11.9 Å². The molecule has 0 saturated heterocycles. The first-order valence-corrected chi connectivity index (χ1v) is 10.2. The largest absolute Gasteiger partial charge is 0.380 e.